The van der Waals surface area contributed by atoms with Crippen LogP contribution >= 0.6 is 0 Å². The number of methoxy groups -OCH3 is 1. The molecule has 2 aromatic rings. The van der Waals surface area contributed by atoms with Crippen molar-refractivity contribution in [3.63, 3.8) is 0 Å². The van der Waals surface area contributed by atoms with Gasteiger partial charge in [-0.25, -0.2) is 9.59 Å². The molecule has 0 spiro atoms. The number of piperazine rings is 1. The van der Waals surface area contributed by atoms with Gasteiger partial charge in [-0.1, -0.05) is 0 Å². The van der Waals surface area contributed by atoms with Crippen LogP contribution in [0.3, 0.4) is 0 Å². The molecule has 8 heteroatoms. The van der Waals surface area contributed by atoms with Crippen molar-refractivity contribution in [2.24, 2.45) is 0 Å². The van der Waals surface area contributed by atoms with Gasteiger partial charge in [-0.2, -0.15) is 0 Å². The highest BCUT2D eigenvalue weighted by atomic mass is 16.6. The van der Waals surface area contributed by atoms with Crippen LogP contribution in [0.25, 0.3) is 11.0 Å². The van der Waals surface area contributed by atoms with Crippen LogP contribution in [0.1, 0.15) is 37.5 Å². The number of anilines is 1. The first-order valence-corrected chi connectivity index (χ1v) is 11.6. The first kappa shape index (κ1) is 23.6. The zero-order valence-corrected chi connectivity index (χ0v) is 20.6. The molecule has 0 unspecified atom stereocenters. The van der Waals surface area contributed by atoms with Gasteiger partial charge in [0, 0.05) is 49.9 Å². The number of hydrogen-bond donors (Lipinski definition) is 0. The lowest BCUT2D eigenvalue weighted by atomic mass is 9.95. The average Bonchev–Trinajstić information content (AvgIpc) is 2.75. The maximum absolute atomic E-state index is 13.0. The third-order valence-electron chi connectivity index (χ3n) is 6.62. The van der Waals surface area contributed by atoms with E-state index in [0.717, 1.165) is 41.8 Å². The van der Waals surface area contributed by atoms with Crippen molar-refractivity contribution < 1.29 is 18.7 Å². The molecule has 1 saturated heterocycles. The van der Waals surface area contributed by atoms with Crippen molar-refractivity contribution in [3.8, 4) is 0 Å². The van der Waals surface area contributed by atoms with E-state index in [1.807, 2.05) is 27.7 Å². The summed E-state index contributed by atoms with van der Waals surface area (Å²) < 4.78 is 16.7. The number of fused-ring (bicyclic) bond motifs is 3. The van der Waals surface area contributed by atoms with Gasteiger partial charge < -0.3 is 23.7 Å². The second-order valence-corrected chi connectivity index (χ2v) is 10.1. The Kier molecular flexibility index (Phi) is 6.42. The molecule has 180 valence electrons. The van der Waals surface area contributed by atoms with Gasteiger partial charge >= 0.3 is 11.7 Å². The van der Waals surface area contributed by atoms with E-state index in [4.69, 9.17) is 13.9 Å². The third-order valence-corrected chi connectivity index (χ3v) is 6.62. The predicted molar refractivity (Wildman–Crippen MR) is 128 cm³/mol. The highest BCUT2D eigenvalue weighted by molar-refractivity contribution is 5.88. The summed E-state index contributed by atoms with van der Waals surface area (Å²) in [4.78, 5) is 31.7. The predicted octanol–water partition coefficient (Wildman–Crippen LogP) is 3.16. The molecule has 1 aromatic carbocycles. The van der Waals surface area contributed by atoms with Crippen molar-refractivity contribution in [2.45, 2.75) is 52.3 Å². The quantitative estimate of drug-likeness (QED) is 0.656. The van der Waals surface area contributed by atoms with Crippen LogP contribution in [0, 0.1) is 6.92 Å². The summed E-state index contributed by atoms with van der Waals surface area (Å²) in [7, 11) is 3.86. The molecule has 0 bridgehead atoms. The van der Waals surface area contributed by atoms with E-state index in [9.17, 15) is 9.59 Å². The van der Waals surface area contributed by atoms with Crippen molar-refractivity contribution in [2.75, 3.05) is 51.8 Å². The minimum atomic E-state index is -0.579. The molecule has 0 radical (unpaired) electrons. The van der Waals surface area contributed by atoms with Crippen LogP contribution in [-0.2, 0) is 22.4 Å². The number of hydrogen-bond acceptors (Lipinski definition) is 7. The third kappa shape index (κ3) is 4.73. The summed E-state index contributed by atoms with van der Waals surface area (Å²) >= 11 is 0. The first-order chi connectivity index (χ1) is 15.6. The average molecular weight is 458 g/mol. The number of amides is 1. The normalized spacial score (nSPS) is 19.6. The van der Waals surface area contributed by atoms with Crippen LogP contribution in [0.15, 0.2) is 21.3 Å². The van der Waals surface area contributed by atoms with E-state index in [-0.39, 0.29) is 12.2 Å². The number of rotatable bonds is 3. The Bertz CT molecular complexity index is 1100. The number of carbonyl (C=O) groups excluding carboxylic acids is 1. The Balaban J connectivity index is 1.65. The fourth-order valence-corrected chi connectivity index (χ4v) is 4.81. The van der Waals surface area contributed by atoms with Gasteiger partial charge in [-0.15, -0.1) is 0 Å². The number of aryl methyl sites for hydroxylation is 1. The lowest BCUT2D eigenvalue weighted by Crippen LogP contribution is -2.53. The topological polar surface area (TPSA) is 75.5 Å². The molecule has 0 N–H and O–H groups in total. The fourth-order valence-electron chi connectivity index (χ4n) is 4.81. The maximum atomic E-state index is 13.0. The molecule has 0 aliphatic carbocycles. The lowest BCUT2D eigenvalue weighted by molar-refractivity contribution is 0.0222. The summed E-state index contributed by atoms with van der Waals surface area (Å²) in [5, 5.41) is 0.956. The second-order valence-electron chi connectivity index (χ2n) is 10.1. The largest absolute Gasteiger partial charge is 0.444 e. The van der Waals surface area contributed by atoms with Gasteiger partial charge in [0.2, 0.25) is 0 Å². The van der Waals surface area contributed by atoms with Crippen LogP contribution in [0.5, 0.6) is 0 Å². The van der Waals surface area contributed by atoms with E-state index in [1.54, 1.807) is 12.0 Å². The molecule has 1 fully saturated rings. The highest BCUT2D eigenvalue weighted by Gasteiger charge is 2.30. The molecule has 1 amide bonds. The Hall–Kier alpha value is -2.58. The van der Waals surface area contributed by atoms with Gasteiger partial charge in [0.25, 0.3) is 0 Å². The molecular weight excluding hydrogens is 422 g/mol. The molecule has 8 nitrogen and oxygen atoms in total. The SMILES string of the molecule is COC[C@H]1CN(c2ccc3c4c(c(=O)oc3c2C)CN(C(=O)OC(C)(C)C)CC4)CCN1C. The maximum Gasteiger partial charge on any atom is 0.410 e. The summed E-state index contributed by atoms with van der Waals surface area (Å²) in [5.41, 5.74) is 3.28. The zero-order valence-electron chi connectivity index (χ0n) is 20.6. The second kappa shape index (κ2) is 8.99. The zero-order chi connectivity index (χ0) is 23.9. The number of benzene rings is 1. The van der Waals surface area contributed by atoms with Crippen molar-refractivity contribution in [1.82, 2.24) is 9.80 Å². The van der Waals surface area contributed by atoms with E-state index in [0.29, 0.717) is 36.8 Å². The molecule has 33 heavy (non-hydrogen) atoms. The van der Waals surface area contributed by atoms with E-state index in [1.165, 1.54) is 0 Å². The minimum absolute atomic E-state index is 0.209. The fraction of sp³-hybridized carbons (Fsp3) is 0.600. The summed E-state index contributed by atoms with van der Waals surface area (Å²) in [6.45, 7) is 11.6. The molecule has 2 aliphatic heterocycles. The summed E-state index contributed by atoms with van der Waals surface area (Å²) in [6.07, 6.45) is 0.194. The first-order valence-electron chi connectivity index (χ1n) is 11.6. The molecule has 1 atom stereocenters. The molecule has 0 saturated carbocycles. The Morgan fingerprint density at radius 2 is 1.94 bits per heavy atom. The summed E-state index contributed by atoms with van der Waals surface area (Å²) in [6, 6.07) is 4.51. The number of carbonyl (C=O) groups is 1. The van der Waals surface area contributed by atoms with Gasteiger partial charge in [-0.05, 0) is 58.9 Å². The number of likely N-dealkylation sites (N-methyl/N-ethyl adjacent to an activating group) is 1. The van der Waals surface area contributed by atoms with Crippen molar-refractivity contribution in [3.05, 3.63) is 39.2 Å². The van der Waals surface area contributed by atoms with Crippen molar-refractivity contribution >= 4 is 22.7 Å². The van der Waals surface area contributed by atoms with Gasteiger partial charge in [0.1, 0.15) is 11.2 Å². The van der Waals surface area contributed by atoms with Gasteiger partial charge in [0.05, 0.1) is 24.8 Å². The van der Waals surface area contributed by atoms with Crippen LogP contribution in [0.2, 0.25) is 0 Å². The van der Waals surface area contributed by atoms with E-state index >= 15 is 0 Å². The van der Waals surface area contributed by atoms with Crippen molar-refractivity contribution in [1.29, 1.82) is 0 Å². The standard InChI is InChI=1S/C25H35N3O5/c1-16-21(27-12-11-26(5)17(13-27)15-31-6)8-7-19-18-9-10-28(24(30)33-25(2,3)4)14-20(18)23(29)32-22(16)19/h7-8,17H,9-15H2,1-6H3/t17-/m1/s1. The van der Waals surface area contributed by atoms with E-state index in [2.05, 4.69) is 29.0 Å². The molecule has 1 aromatic heterocycles. The Morgan fingerprint density at radius 1 is 1.18 bits per heavy atom. The molecule has 4 rings (SSSR count). The number of nitrogens with zero attached hydrogens (tertiary/aromatic N) is 3. The van der Waals surface area contributed by atoms with Gasteiger partial charge in [0.15, 0.2) is 0 Å². The van der Waals surface area contributed by atoms with Crippen LogP contribution in [0.4, 0.5) is 10.5 Å². The summed E-state index contributed by atoms with van der Waals surface area (Å²) in [5.74, 6) is 0. The number of ether oxygens (including phenoxy) is 2. The molecule has 2 aliphatic rings. The van der Waals surface area contributed by atoms with Gasteiger partial charge in [-0.3, -0.25) is 4.90 Å². The lowest BCUT2D eigenvalue weighted by Gasteiger charge is -2.41. The monoisotopic (exact) mass is 457 g/mol. The Morgan fingerprint density at radius 3 is 2.64 bits per heavy atom. The molecular formula is C25H35N3O5. The molecule has 3 heterocycles. The Labute approximate surface area is 195 Å². The van der Waals surface area contributed by atoms with Crippen LogP contribution in [-0.4, -0.2) is 74.5 Å². The van der Waals surface area contributed by atoms with Crippen LogP contribution < -0.4 is 10.5 Å². The smallest absolute Gasteiger partial charge is 0.410 e. The highest BCUT2D eigenvalue weighted by Crippen LogP contribution is 2.33. The van der Waals surface area contributed by atoms with E-state index < -0.39 is 11.7 Å². The minimum Gasteiger partial charge on any atom is -0.444 e.